The molecule has 27 heavy (non-hydrogen) atoms. The highest BCUT2D eigenvalue weighted by Gasteiger charge is 2.06. The van der Waals surface area contributed by atoms with E-state index in [0.717, 1.165) is 29.9 Å². The summed E-state index contributed by atoms with van der Waals surface area (Å²) in [6, 6.07) is 17.8. The molecule has 0 saturated heterocycles. The Morgan fingerprint density at radius 2 is 1.85 bits per heavy atom. The fourth-order valence-corrected chi connectivity index (χ4v) is 3.24. The smallest absolute Gasteiger partial charge is 0.224 e. The van der Waals surface area contributed by atoms with Crippen LogP contribution >= 0.6 is 11.6 Å². The predicted octanol–water partition coefficient (Wildman–Crippen LogP) is 5.32. The number of aromatic nitrogens is 3. The highest BCUT2D eigenvalue weighted by Crippen LogP contribution is 2.24. The SMILES string of the molecule is Cc1cc(Nc2ccccc2Cl)nc(NCCc2c[nH]c3ccccc23)n1. The largest absolute Gasteiger partial charge is 0.361 e. The molecule has 2 heterocycles. The number of H-pyrrole nitrogens is 1. The summed E-state index contributed by atoms with van der Waals surface area (Å²) in [5.41, 5.74) is 4.14. The minimum atomic E-state index is 0.601. The second-order valence-electron chi connectivity index (χ2n) is 6.36. The molecule has 0 aliphatic rings. The van der Waals surface area contributed by atoms with Crippen molar-refractivity contribution in [3.05, 3.63) is 77.1 Å². The number of hydrogen-bond donors (Lipinski definition) is 3. The van der Waals surface area contributed by atoms with Crippen LogP contribution in [0.5, 0.6) is 0 Å². The molecule has 3 N–H and O–H groups in total. The molecule has 0 unspecified atom stereocenters. The normalized spacial score (nSPS) is 10.9. The van der Waals surface area contributed by atoms with Crippen molar-refractivity contribution in [2.45, 2.75) is 13.3 Å². The van der Waals surface area contributed by atoms with Gasteiger partial charge in [0.05, 0.1) is 10.7 Å². The number of aryl methyl sites for hydroxylation is 1. The summed E-state index contributed by atoms with van der Waals surface area (Å²) < 4.78 is 0. The van der Waals surface area contributed by atoms with Gasteiger partial charge in [0.25, 0.3) is 0 Å². The van der Waals surface area contributed by atoms with E-state index in [9.17, 15) is 0 Å². The lowest BCUT2D eigenvalue weighted by molar-refractivity contribution is 0.981. The second-order valence-corrected chi connectivity index (χ2v) is 6.77. The van der Waals surface area contributed by atoms with E-state index in [0.29, 0.717) is 16.8 Å². The Bertz CT molecular complexity index is 1070. The van der Waals surface area contributed by atoms with Crippen molar-refractivity contribution in [1.82, 2.24) is 15.0 Å². The van der Waals surface area contributed by atoms with E-state index >= 15 is 0 Å². The van der Waals surface area contributed by atoms with Crippen molar-refractivity contribution < 1.29 is 0 Å². The van der Waals surface area contributed by atoms with Gasteiger partial charge in [-0.05, 0) is 37.1 Å². The van der Waals surface area contributed by atoms with Crippen molar-refractivity contribution in [1.29, 1.82) is 0 Å². The number of nitrogens with one attached hydrogen (secondary N) is 3. The van der Waals surface area contributed by atoms with Crippen LogP contribution in [-0.2, 0) is 6.42 Å². The van der Waals surface area contributed by atoms with Gasteiger partial charge in [0, 0.05) is 35.4 Å². The van der Waals surface area contributed by atoms with E-state index in [2.05, 4.69) is 50.0 Å². The summed E-state index contributed by atoms with van der Waals surface area (Å²) in [6.07, 6.45) is 2.95. The van der Waals surface area contributed by atoms with Crippen LogP contribution in [0.3, 0.4) is 0 Å². The van der Waals surface area contributed by atoms with Crippen molar-refractivity contribution in [3.8, 4) is 0 Å². The number of anilines is 3. The fraction of sp³-hybridized carbons (Fsp3) is 0.143. The Morgan fingerprint density at radius 3 is 2.74 bits per heavy atom. The average Bonchev–Trinajstić information content (AvgIpc) is 3.07. The molecular formula is C21H20ClN5. The zero-order valence-corrected chi connectivity index (χ0v) is 15.7. The highest BCUT2D eigenvalue weighted by atomic mass is 35.5. The Morgan fingerprint density at radius 1 is 1.04 bits per heavy atom. The van der Waals surface area contributed by atoms with Crippen LogP contribution < -0.4 is 10.6 Å². The zero-order valence-electron chi connectivity index (χ0n) is 15.0. The van der Waals surface area contributed by atoms with E-state index in [1.54, 1.807) is 0 Å². The van der Waals surface area contributed by atoms with Gasteiger partial charge in [0.2, 0.25) is 5.95 Å². The lowest BCUT2D eigenvalue weighted by Gasteiger charge is -2.11. The maximum atomic E-state index is 6.22. The summed E-state index contributed by atoms with van der Waals surface area (Å²) in [5, 5.41) is 8.48. The molecule has 4 rings (SSSR count). The number of nitrogens with zero attached hydrogens (tertiary/aromatic N) is 2. The molecule has 0 aliphatic heterocycles. The number of rotatable bonds is 6. The number of aromatic amines is 1. The first kappa shape index (κ1) is 17.4. The topological polar surface area (TPSA) is 65.6 Å². The fourth-order valence-electron chi connectivity index (χ4n) is 3.06. The minimum absolute atomic E-state index is 0.601. The van der Waals surface area contributed by atoms with E-state index in [4.69, 9.17) is 11.6 Å². The van der Waals surface area contributed by atoms with Crippen LogP contribution in [0.1, 0.15) is 11.3 Å². The molecule has 0 saturated carbocycles. The molecule has 6 heteroatoms. The summed E-state index contributed by atoms with van der Waals surface area (Å²) in [7, 11) is 0. The average molecular weight is 378 g/mol. The number of hydrogen-bond acceptors (Lipinski definition) is 4. The van der Waals surface area contributed by atoms with E-state index in [-0.39, 0.29) is 0 Å². The first-order chi connectivity index (χ1) is 13.2. The third-order valence-electron chi connectivity index (χ3n) is 4.34. The van der Waals surface area contributed by atoms with E-state index in [1.807, 2.05) is 43.3 Å². The molecule has 0 bridgehead atoms. The molecule has 0 fully saturated rings. The lowest BCUT2D eigenvalue weighted by Crippen LogP contribution is -2.09. The van der Waals surface area contributed by atoms with Crippen LogP contribution in [0.2, 0.25) is 5.02 Å². The molecule has 0 amide bonds. The molecule has 4 aromatic rings. The molecule has 2 aromatic heterocycles. The summed E-state index contributed by atoms with van der Waals surface area (Å²) in [6.45, 7) is 2.70. The Kier molecular flexibility index (Phi) is 4.94. The van der Waals surface area contributed by atoms with Crippen molar-refractivity contribution in [2.75, 3.05) is 17.2 Å². The molecular weight excluding hydrogens is 358 g/mol. The number of para-hydroxylation sites is 2. The van der Waals surface area contributed by atoms with E-state index in [1.165, 1.54) is 10.9 Å². The van der Waals surface area contributed by atoms with Crippen molar-refractivity contribution >= 4 is 40.0 Å². The van der Waals surface area contributed by atoms with Crippen LogP contribution in [0, 0.1) is 6.92 Å². The van der Waals surface area contributed by atoms with Gasteiger partial charge >= 0.3 is 0 Å². The van der Waals surface area contributed by atoms with Crippen molar-refractivity contribution in [2.24, 2.45) is 0 Å². The number of benzene rings is 2. The summed E-state index contributed by atoms with van der Waals surface area (Å²) >= 11 is 6.22. The van der Waals surface area contributed by atoms with Gasteiger partial charge in [-0.3, -0.25) is 0 Å². The Balaban J connectivity index is 1.44. The highest BCUT2D eigenvalue weighted by molar-refractivity contribution is 6.33. The van der Waals surface area contributed by atoms with Crippen LogP contribution in [0.25, 0.3) is 10.9 Å². The van der Waals surface area contributed by atoms with Gasteiger partial charge in [0.15, 0.2) is 0 Å². The summed E-state index contributed by atoms with van der Waals surface area (Å²) in [5.74, 6) is 1.31. The third-order valence-corrected chi connectivity index (χ3v) is 4.67. The summed E-state index contributed by atoms with van der Waals surface area (Å²) in [4.78, 5) is 12.3. The van der Waals surface area contributed by atoms with Gasteiger partial charge < -0.3 is 15.6 Å². The first-order valence-corrected chi connectivity index (χ1v) is 9.23. The zero-order chi connectivity index (χ0) is 18.6. The first-order valence-electron chi connectivity index (χ1n) is 8.85. The molecule has 0 radical (unpaired) electrons. The van der Waals surface area contributed by atoms with Crippen molar-refractivity contribution in [3.63, 3.8) is 0 Å². The standard InChI is InChI=1S/C21H20ClN5/c1-14-12-20(26-19-9-5-3-7-17(19)22)27-21(25-14)23-11-10-15-13-24-18-8-4-2-6-16(15)18/h2-9,12-13,24H,10-11H2,1H3,(H2,23,25,26,27). The van der Waals surface area contributed by atoms with Crippen LogP contribution in [0.4, 0.5) is 17.5 Å². The monoisotopic (exact) mass is 377 g/mol. The molecule has 2 aromatic carbocycles. The van der Waals surface area contributed by atoms with Gasteiger partial charge in [-0.1, -0.05) is 41.9 Å². The quantitative estimate of drug-likeness (QED) is 0.425. The Labute approximate surface area is 162 Å². The molecule has 5 nitrogen and oxygen atoms in total. The second kappa shape index (κ2) is 7.68. The molecule has 136 valence electrons. The van der Waals surface area contributed by atoms with Gasteiger partial charge in [0.1, 0.15) is 5.82 Å². The van der Waals surface area contributed by atoms with Gasteiger partial charge in [-0.2, -0.15) is 4.98 Å². The maximum absolute atomic E-state index is 6.22. The van der Waals surface area contributed by atoms with Crippen LogP contribution in [0.15, 0.2) is 60.8 Å². The number of halogens is 1. The Hall–Kier alpha value is -3.05. The van der Waals surface area contributed by atoms with E-state index < -0.39 is 0 Å². The van der Waals surface area contributed by atoms with Gasteiger partial charge in [-0.15, -0.1) is 0 Å². The van der Waals surface area contributed by atoms with Gasteiger partial charge in [-0.25, -0.2) is 4.98 Å². The lowest BCUT2D eigenvalue weighted by atomic mass is 10.1. The van der Waals surface area contributed by atoms with Crippen LogP contribution in [-0.4, -0.2) is 21.5 Å². The molecule has 0 spiro atoms. The number of fused-ring (bicyclic) bond motifs is 1. The molecule has 0 atom stereocenters. The predicted molar refractivity (Wildman–Crippen MR) is 112 cm³/mol. The molecule has 0 aliphatic carbocycles. The minimum Gasteiger partial charge on any atom is -0.361 e. The maximum Gasteiger partial charge on any atom is 0.224 e. The third kappa shape index (κ3) is 4.04.